The highest BCUT2D eigenvalue weighted by atomic mass is 16.4. The topological polar surface area (TPSA) is 66.4 Å². The first kappa shape index (κ1) is 15.2. The molecule has 2 N–H and O–H groups in total. The van der Waals surface area contributed by atoms with Crippen LogP contribution in [-0.2, 0) is 16.0 Å². The van der Waals surface area contributed by atoms with Gasteiger partial charge in [0.05, 0.1) is 6.42 Å². The summed E-state index contributed by atoms with van der Waals surface area (Å²) in [4.78, 5) is 22.5. The Morgan fingerprint density at radius 3 is 2.47 bits per heavy atom. The number of aryl methyl sites for hydroxylation is 2. The average Bonchev–Trinajstić information content (AvgIpc) is 2.25. The molecule has 0 atom stereocenters. The molecule has 0 unspecified atom stereocenters. The summed E-state index contributed by atoms with van der Waals surface area (Å²) in [6.07, 6.45) is 0.957. The molecule has 1 aromatic rings. The van der Waals surface area contributed by atoms with Gasteiger partial charge >= 0.3 is 5.97 Å². The highest BCUT2D eigenvalue weighted by Crippen LogP contribution is 2.11. The minimum absolute atomic E-state index is 0.0803. The van der Waals surface area contributed by atoms with Gasteiger partial charge in [0, 0.05) is 12.0 Å². The van der Waals surface area contributed by atoms with E-state index < -0.39 is 11.5 Å². The molecule has 0 radical (unpaired) electrons. The molecule has 0 aliphatic heterocycles. The maximum Gasteiger partial charge on any atom is 0.305 e. The van der Waals surface area contributed by atoms with Crippen molar-refractivity contribution in [1.82, 2.24) is 5.32 Å². The van der Waals surface area contributed by atoms with Gasteiger partial charge in [-0.3, -0.25) is 9.59 Å². The van der Waals surface area contributed by atoms with E-state index in [9.17, 15) is 9.59 Å². The van der Waals surface area contributed by atoms with Gasteiger partial charge in [-0.05, 0) is 38.3 Å². The molecule has 0 fully saturated rings. The van der Waals surface area contributed by atoms with Crippen molar-refractivity contribution in [1.29, 1.82) is 0 Å². The molecule has 19 heavy (non-hydrogen) atoms. The van der Waals surface area contributed by atoms with Crippen LogP contribution in [0.5, 0.6) is 0 Å². The molecule has 0 spiro atoms. The van der Waals surface area contributed by atoms with Crippen molar-refractivity contribution in [3.63, 3.8) is 0 Å². The second-order valence-electron chi connectivity index (χ2n) is 5.43. The molecule has 0 aliphatic rings. The summed E-state index contributed by atoms with van der Waals surface area (Å²) in [6, 6.07) is 7.94. The molecule has 0 aromatic heterocycles. The van der Waals surface area contributed by atoms with Gasteiger partial charge in [0.15, 0.2) is 0 Å². The van der Waals surface area contributed by atoms with Crippen LogP contribution in [-0.4, -0.2) is 22.5 Å². The summed E-state index contributed by atoms with van der Waals surface area (Å²) in [5, 5.41) is 11.5. The van der Waals surface area contributed by atoms with Crippen LogP contribution >= 0.6 is 0 Å². The summed E-state index contributed by atoms with van der Waals surface area (Å²) >= 11 is 0. The maximum absolute atomic E-state index is 11.8. The van der Waals surface area contributed by atoms with Gasteiger partial charge in [-0.1, -0.05) is 24.3 Å². The predicted octanol–water partition coefficient (Wildman–Crippen LogP) is 2.30. The molecule has 0 aliphatic carbocycles. The number of rotatable bonds is 6. The number of carboxylic acids is 1. The highest BCUT2D eigenvalue weighted by molar-refractivity contribution is 5.78. The number of hydrogen-bond donors (Lipinski definition) is 2. The van der Waals surface area contributed by atoms with Crippen LogP contribution < -0.4 is 5.32 Å². The Bertz CT molecular complexity index is 466. The zero-order valence-electron chi connectivity index (χ0n) is 11.7. The van der Waals surface area contributed by atoms with E-state index in [-0.39, 0.29) is 12.3 Å². The quantitative estimate of drug-likeness (QED) is 0.827. The molecule has 4 nitrogen and oxygen atoms in total. The van der Waals surface area contributed by atoms with Crippen molar-refractivity contribution >= 4 is 11.9 Å². The number of carboxylic acid groups (broad SMARTS) is 1. The lowest BCUT2D eigenvalue weighted by molar-refractivity contribution is -0.138. The monoisotopic (exact) mass is 263 g/mol. The fourth-order valence-electron chi connectivity index (χ4n) is 2.00. The molecule has 104 valence electrons. The summed E-state index contributed by atoms with van der Waals surface area (Å²) in [7, 11) is 0. The first-order valence-corrected chi connectivity index (χ1v) is 6.37. The van der Waals surface area contributed by atoms with Gasteiger partial charge in [-0.15, -0.1) is 0 Å². The fourth-order valence-corrected chi connectivity index (χ4v) is 2.00. The van der Waals surface area contributed by atoms with Crippen LogP contribution in [0, 0.1) is 6.92 Å². The van der Waals surface area contributed by atoms with E-state index in [1.165, 1.54) is 5.56 Å². The normalized spacial score (nSPS) is 11.1. The highest BCUT2D eigenvalue weighted by Gasteiger charge is 2.23. The first-order valence-electron chi connectivity index (χ1n) is 6.37. The SMILES string of the molecule is Cc1ccccc1CCC(=O)NC(C)(C)CC(=O)O. The van der Waals surface area contributed by atoms with Gasteiger partial charge < -0.3 is 10.4 Å². The van der Waals surface area contributed by atoms with Crippen LogP contribution in [0.1, 0.15) is 37.8 Å². The zero-order chi connectivity index (χ0) is 14.5. The predicted molar refractivity (Wildman–Crippen MR) is 74.0 cm³/mol. The van der Waals surface area contributed by atoms with Crippen LogP contribution in [0.15, 0.2) is 24.3 Å². The Morgan fingerprint density at radius 2 is 1.89 bits per heavy atom. The van der Waals surface area contributed by atoms with Gasteiger partial charge in [-0.25, -0.2) is 0 Å². The molecule has 0 heterocycles. The lowest BCUT2D eigenvalue weighted by Crippen LogP contribution is -2.45. The van der Waals surface area contributed by atoms with Crippen LogP contribution in [0.25, 0.3) is 0 Å². The van der Waals surface area contributed by atoms with Crippen molar-refractivity contribution in [3.05, 3.63) is 35.4 Å². The van der Waals surface area contributed by atoms with Crippen LogP contribution in [0.4, 0.5) is 0 Å². The molecule has 1 amide bonds. The molecule has 0 saturated heterocycles. The fraction of sp³-hybridized carbons (Fsp3) is 0.467. The molecule has 0 bridgehead atoms. The van der Waals surface area contributed by atoms with Gasteiger partial charge in [0.1, 0.15) is 0 Å². The molecule has 4 heteroatoms. The Labute approximate surface area is 113 Å². The molecular weight excluding hydrogens is 242 g/mol. The van der Waals surface area contributed by atoms with Crippen LogP contribution in [0.3, 0.4) is 0 Å². The summed E-state index contributed by atoms with van der Waals surface area (Å²) < 4.78 is 0. The number of hydrogen-bond acceptors (Lipinski definition) is 2. The van der Waals surface area contributed by atoms with Gasteiger partial charge in [-0.2, -0.15) is 0 Å². The third-order valence-corrected chi connectivity index (χ3v) is 2.95. The van der Waals surface area contributed by atoms with E-state index in [2.05, 4.69) is 5.32 Å². The van der Waals surface area contributed by atoms with Crippen molar-refractivity contribution in [2.24, 2.45) is 0 Å². The second kappa shape index (κ2) is 6.36. The van der Waals surface area contributed by atoms with Crippen molar-refractivity contribution in [2.75, 3.05) is 0 Å². The molecule has 0 saturated carbocycles. The van der Waals surface area contributed by atoms with Crippen molar-refractivity contribution in [2.45, 2.75) is 45.6 Å². The second-order valence-corrected chi connectivity index (χ2v) is 5.43. The Hall–Kier alpha value is -1.84. The van der Waals surface area contributed by atoms with E-state index in [1.807, 2.05) is 31.2 Å². The maximum atomic E-state index is 11.8. The van der Waals surface area contributed by atoms with E-state index >= 15 is 0 Å². The smallest absolute Gasteiger partial charge is 0.305 e. The van der Waals surface area contributed by atoms with E-state index in [0.29, 0.717) is 12.8 Å². The number of carbonyl (C=O) groups excluding carboxylic acids is 1. The molecule has 1 rings (SSSR count). The minimum Gasteiger partial charge on any atom is -0.481 e. The Morgan fingerprint density at radius 1 is 1.26 bits per heavy atom. The van der Waals surface area contributed by atoms with Gasteiger partial charge in [0.2, 0.25) is 5.91 Å². The average molecular weight is 263 g/mol. The standard InChI is InChI=1S/C15H21NO3/c1-11-6-4-5-7-12(11)8-9-13(17)16-15(2,3)10-14(18)19/h4-7H,8-10H2,1-3H3,(H,16,17)(H,18,19). The number of amides is 1. The number of carbonyl (C=O) groups is 2. The van der Waals surface area contributed by atoms with Crippen LogP contribution in [0.2, 0.25) is 0 Å². The largest absolute Gasteiger partial charge is 0.481 e. The zero-order valence-corrected chi connectivity index (χ0v) is 11.7. The van der Waals surface area contributed by atoms with Crippen molar-refractivity contribution in [3.8, 4) is 0 Å². The molecular formula is C15H21NO3. The number of nitrogens with one attached hydrogen (secondary N) is 1. The summed E-state index contributed by atoms with van der Waals surface area (Å²) in [6.45, 7) is 5.45. The lowest BCUT2D eigenvalue weighted by Gasteiger charge is -2.24. The molecule has 1 aromatic carbocycles. The summed E-state index contributed by atoms with van der Waals surface area (Å²) in [5.74, 6) is -1.03. The van der Waals surface area contributed by atoms with Crippen molar-refractivity contribution < 1.29 is 14.7 Å². The Kier molecular flexibility index (Phi) is 5.10. The van der Waals surface area contributed by atoms with E-state index in [0.717, 1.165) is 5.56 Å². The van der Waals surface area contributed by atoms with E-state index in [1.54, 1.807) is 13.8 Å². The number of benzene rings is 1. The third kappa shape index (κ3) is 5.55. The lowest BCUT2D eigenvalue weighted by atomic mass is 9.99. The van der Waals surface area contributed by atoms with E-state index in [4.69, 9.17) is 5.11 Å². The van der Waals surface area contributed by atoms with Gasteiger partial charge in [0.25, 0.3) is 0 Å². The number of aliphatic carboxylic acids is 1. The first-order chi connectivity index (χ1) is 8.80. The Balaban J connectivity index is 2.48. The summed E-state index contributed by atoms with van der Waals surface area (Å²) in [5.41, 5.74) is 1.60. The third-order valence-electron chi connectivity index (χ3n) is 2.95. The minimum atomic E-state index is -0.913.